The van der Waals surface area contributed by atoms with Crippen LogP contribution >= 0.6 is 11.8 Å². The van der Waals surface area contributed by atoms with Crippen molar-refractivity contribution in [2.75, 3.05) is 10.7 Å². The lowest BCUT2D eigenvalue weighted by Crippen LogP contribution is -2.38. The number of hydrogen-bond donors (Lipinski definition) is 0. The van der Waals surface area contributed by atoms with Crippen LogP contribution in [-0.2, 0) is 11.3 Å². The number of allylic oxidation sites excluding steroid dienone is 1. The Kier molecular flexibility index (Phi) is 6.60. The molecule has 0 N–H and O–H groups in total. The fourth-order valence-electron chi connectivity index (χ4n) is 2.92. The molecule has 3 rings (SSSR count). The highest BCUT2D eigenvalue weighted by Gasteiger charge is 2.21. The summed E-state index contributed by atoms with van der Waals surface area (Å²) in [6.07, 6.45) is 5.19. The number of carbonyl (C=O) groups is 1. The Morgan fingerprint density at radius 1 is 1.18 bits per heavy atom. The second kappa shape index (κ2) is 9.32. The second-order valence-electron chi connectivity index (χ2n) is 6.42. The van der Waals surface area contributed by atoms with E-state index in [1.807, 2.05) is 60.9 Å². The van der Waals surface area contributed by atoms with Gasteiger partial charge in [0.1, 0.15) is 0 Å². The van der Waals surface area contributed by atoms with Crippen molar-refractivity contribution < 1.29 is 4.79 Å². The molecule has 0 aliphatic carbocycles. The quantitative estimate of drug-likeness (QED) is 0.427. The van der Waals surface area contributed by atoms with Crippen molar-refractivity contribution >= 4 is 23.4 Å². The van der Waals surface area contributed by atoms with Gasteiger partial charge in [-0.15, -0.1) is 16.8 Å². The number of nitrogens with zero attached hydrogens (tertiary/aromatic N) is 5. The highest BCUT2D eigenvalue weighted by Crippen LogP contribution is 2.25. The highest BCUT2D eigenvalue weighted by molar-refractivity contribution is 7.99. The van der Waals surface area contributed by atoms with Crippen molar-refractivity contribution in [2.24, 2.45) is 0 Å². The summed E-state index contributed by atoms with van der Waals surface area (Å²) >= 11 is 1.39. The number of anilines is 1. The second-order valence-corrected chi connectivity index (χ2v) is 7.37. The zero-order valence-corrected chi connectivity index (χ0v) is 16.8. The summed E-state index contributed by atoms with van der Waals surface area (Å²) in [5.74, 6) is 1.05. The lowest BCUT2D eigenvalue weighted by Gasteiger charge is -2.26. The number of pyridine rings is 1. The van der Waals surface area contributed by atoms with Gasteiger partial charge in [-0.3, -0.25) is 14.3 Å². The molecule has 3 aromatic rings. The molecule has 2 heterocycles. The fraction of sp³-hybridized carbons (Fsp3) is 0.238. The molecule has 0 bridgehead atoms. The van der Waals surface area contributed by atoms with Gasteiger partial charge in [-0.25, -0.2) is 0 Å². The van der Waals surface area contributed by atoms with Crippen LogP contribution in [0.3, 0.4) is 0 Å². The van der Waals surface area contributed by atoms with Crippen molar-refractivity contribution in [3.8, 4) is 11.4 Å². The molecule has 7 heteroatoms. The molecule has 0 saturated carbocycles. The van der Waals surface area contributed by atoms with Gasteiger partial charge < -0.3 is 4.90 Å². The molecule has 0 radical (unpaired) electrons. The minimum absolute atomic E-state index is 0.0145. The van der Waals surface area contributed by atoms with Gasteiger partial charge in [-0.05, 0) is 26.0 Å². The van der Waals surface area contributed by atoms with Gasteiger partial charge in [-0.1, -0.05) is 48.2 Å². The Bertz CT molecular complexity index is 924. The van der Waals surface area contributed by atoms with Crippen LogP contribution in [0, 0.1) is 0 Å². The summed E-state index contributed by atoms with van der Waals surface area (Å²) in [5, 5.41) is 9.34. The van der Waals surface area contributed by atoms with Gasteiger partial charge >= 0.3 is 0 Å². The topological polar surface area (TPSA) is 63.9 Å². The van der Waals surface area contributed by atoms with E-state index in [1.165, 1.54) is 11.8 Å². The molecule has 0 spiro atoms. The lowest BCUT2D eigenvalue weighted by molar-refractivity contribution is -0.116. The van der Waals surface area contributed by atoms with Gasteiger partial charge in [-0.2, -0.15) is 0 Å². The third-order valence-corrected chi connectivity index (χ3v) is 5.06. The van der Waals surface area contributed by atoms with Crippen molar-refractivity contribution in [3.63, 3.8) is 0 Å². The van der Waals surface area contributed by atoms with Crippen LogP contribution in [0.5, 0.6) is 0 Å². The molecular formula is C21H23N5OS. The van der Waals surface area contributed by atoms with Crippen LogP contribution in [0.2, 0.25) is 0 Å². The van der Waals surface area contributed by atoms with Crippen LogP contribution in [-0.4, -0.2) is 37.5 Å². The maximum absolute atomic E-state index is 12.9. The molecule has 144 valence electrons. The van der Waals surface area contributed by atoms with E-state index in [0.29, 0.717) is 11.7 Å². The van der Waals surface area contributed by atoms with Gasteiger partial charge in [0.25, 0.3) is 0 Å². The minimum atomic E-state index is 0.0145. The number of amides is 1. The Hall–Kier alpha value is -2.93. The largest absolute Gasteiger partial charge is 0.309 e. The summed E-state index contributed by atoms with van der Waals surface area (Å²) in [5.41, 5.74) is 1.82. The first-order valence-corrected chi connectivity index (χ1v) is 10.0. The van der Waals surface area contributed by atoms with E-state index in [2.05, 4.69) is 21.8 Å². The first-order chi connectivity index (χ1) is 13.6. The fourth-order valence-corrected chi connectivity index (χ4v) is 3.73. The number of rotatable bonds is 8. The number of hydrogen-bond acceptors (Lipinski definition) is 5. The third-order valence-electron chi connectivity index (χ3n) is 4.11. The summed E-state index contributed by atoms with van der Waals surface area (Å²) in [4.78, 5) is 18.7. The van der Waals surface area contributed by atoms with E-state index in [0.717, 1.165) is 17.1 Å². The van der Waals surface area contributed by atoms with Gasteiger partial charge in [0, 0.05) is 36.2 Å². The van der Waals surface area contributed by atoms with Gasteiger partial charge in [0.05, 0.1) is 5.75 Å². The molecule has 6 nitrogen and oxygen atoms in total. The normalized spacial score (nSPS) is 10.8. The average molecular weight is 394 g/mol. The van der Waals surface area contributed by atoms with Crippen LogP contribution in [0.4, 0.5) is 5.69 Å². The average Bonchev–Trinajstić information content (AvgIpc) is 3.11. The van der Waals surface area contributed by atoms with Crippen molar-refractivity contribution in [1.29, 1.82) is 0 Å². The summed E-state index contributed by atoms with van der Waals surface area (Å²) < 4.78 is 1.98. The monoisotopic (exact) mass is 393 g/mol. The molecule has 2 aromatic heterocycles. The number of aromatic nitrogens is 4. The maximum Gasteiger partial charge on any atom is 0.237 e. The lowest BCUT2D eigenvalue weighted by atomic mass is 10.2. The van der Waals surface area contributed by atoms with Crippen molar-refractivity contribution in [3.05, 3.63) is 67.5 Å². The molecule has 0 saturated heterocycles. The standard InChI is InChI=1S/C21H23N5OS/c1-4-14-25-20(17-8-6-5-7-9-17)23-24-21(25)28-15-19(27)26(16(2)3)18-10-12-22-13-11-18/h4-13,16H,1,14-15H2,2-3H3. The first-order valence-electron chi connectivity index (χ1n) is 9.06. The van der Waals surface area contributed by atoms with Crippen LogP contribution in [0.25, 0.3) is 11.4 Å². The van der Waals surface area contributed by atoms with Crippen LogP contribution in [0.15, 0.2) is 72.7 Å². The molecule has 0 aliphatic heterocycles. The Balaban J connectivity index is 1.79. The number of carbonyl (C=O) groups excluding carboxylic acids is 1. The predicted molar refractivity (Wildman–Crippen MR) is 113 cm³/mol. The molecule has 1 amide bonds. The van der Waals surface area contributed by atoms with E-state index < -0.39 is 0 Å². The molecule has 0 fully saturated rings. The summed E-state index contributed by atoms with van der Waals surface area (Å²) in [6, 6.07) is 13.6. The van der Waals surface area contributed by atoms with Gasteiger partial charge in [0.2, 0.25) is 5.91 Å². The number of thioether (sulfide) groups is 1. The zero-order chi connectivity index (χ0) is 19.9. The molecular weight excluding hydrogens is 370 g/mol. The maximum atomic E-state index is 12.9. The molecule has 28 heavy (non-hydrogen) atoms. The molecule has 0 aliphatic rings. The molecule has 0 unspecified atom stereocenters. The Morgan fingerprint density at radius 2 is 1.89 bits per heavy atom. The van der Waals surface area contributed by atoms with Gasteiger partial charge in [0.15, 0.2) is 11.0 Å². The summed E-state index contributed by atoms with van der Waals surface area (Å²) in [7, 11) is 0. The zero-order valence-electron chi connectivity index (χ0n) is 16.0. The number of benzene rings is 1. The first kappa shape index (κ1) is 19.8. The minimum Gasteiger partial charge on any atom is -0.309 e. The van der Waals surface area contributed by atoms with E-state index in [-0.39, 0.29) is 17.7 Å². The highest BCUT2D eigenvalue weighted by atomic mass is 32.2. The Labute approximate surface area is 169 Å². The SMILES string of the molecule is C=CCn1c(SCC(=O)N(c2ccncc2)C(C)C)nnc1-c1ccccc1. The third kappa shape index (κ3) is 4.48. The molecule has 0 atom stereocenters. The van der Waals surface area contributed by atoms with E-state index >= 15 is 0 Å². The summed E-state index contributed by atoms with van der Waals surface area (Å²) in [6.45, 7) is 8.40. The van der Waals surface area contributed by atoms with Crippen molar-refractivity contribution in [2.45, 2.75) is 31.6 Å². The van der Waals surface area contributed by atoms with Crippen molar-refractivity contribution in [1.82, 2.24) is 19.7 Å². The predicted octanol–water partition coefficient (Wildman–Crippen LogP) is 4.06. The Morgan fingerprint density at radius 3 is 2.54 bits per heavy atom. The smallest absolute Gasteiger partial charge is 0.237 e. The van der Waals surface area contributed by atoms with E-state index in [1.54, 1.807) is 23.4 Å². The van der Waals surface area contributed by atoms with E-state index in [4.69, 9.17) is 0 Å². The van der Waals surface area contributed by atoms with Crippen LogP contribution < -0.4 is 4.90 Å². The van der Waals surface area contributed by atoms with Crippen LogP contribution in [0.1, 0.15) is 13.8 Å². The molecule has 1 aromatic carbocycles. The van der Waals surface area contributed by atoms with E-state index in [9.17, 15) is 4.79 Å².